The number of nitriles is 2. The molecular formula is C10H4N2OS. The van der Waals surface area contributed by atoms with E-state index in [1.165, 1.54) is 17.4 Å². The molecule has 2 aromatic rings. The van der Waals surface area contributed by atoms with Gasteiger partial charge in [0.2, 0.25) is 0 Å². The van der Waals surface area contributed by atoms with Crippen LogP contribution >= 0.6 is 11.3 Å². The van der Waals surface area contributed by atoms with E-state index in [1.54, 1.807) is 12.1 Å². The first-order valence-electron chi connectivity index (χ1n) is 3.82. The van der Waals surface area contributed by atoms with Gasteiger partial charge >= 0.3 is 0 Å². The fourth-order valence-electron chi connectivity index (χ4n) is 1.31. The zero-order chi connectivity index (χ0) is 10.1. The van der Waals surface area contributed by atoms with Gasteiger partial charge in [0.25, 0.3) is 0 Å². The highest BCUT2D eigenvalue weighted by Gasteiger charge is 2.09. The average Bonchev–Trinajstić information content (AvgIpc) is 2.56. The molecule has 14 heavy (non-hydrogen) atoms. The maximum atomic E-state index is 9.27. The standard InChI is InChI=1S/C10H4N2OS/c11-4-6-1-2-9-7(8(6)5-12)3-10(13)14-9/h1-3,13H. The Morgan fingerprint density at radius 1 is 1.21 bits per heavy atom. The molecule has 0 fully saturated rings. The molecule has 1 heterocycles. The zero-order valence-corrected chi connectivity index (χ0v) is 7.80. The molecule has 0 spiro atoms. The number of fused-ring (bicyclic) bond motifs is 1. The van der Waals surface area contributed by atoms with E-state index in [0.717, 1.165) is 4.70 Å². The molecule has 0 aliphatic rings. The number of thiophene rings is 1. The third kappa shape index (κ3) is 1.10. The van der Waals surface area contributed by atoms with Gasteiger partial charge in [-0.05, 0) is 12.1 Å². The van der Waals surface area contributed by atoms with Crippen molar-refractivity contribution in [3.8, 4) is 17.2 Å². The van der Waals surface area contributed by atoms with Crippen LogP contribution in [0.15, 0.2) is 18.2 Å². The number of hydrogen-bond donors (Lipinski definition) is 1. The largest absolute Gasteiger partial charge is 0.499 e. The van der Waals surface area contributed by atoms with Crippen LogP contribution in [0.25, 0.3) is 10.1 Å². The van der Waals surface area contributed by atoms with E-state index in [-0.39, 0.29) is 5.06 Å². The molecule has 0 saturated carbocycles. The van der Waals surface area contributed by atoms with Crippen LogP contribution in [-0.4, -0.2) is 5.11 Å². The molecule has 0 unspecified atom stereocenters. The van der Waals surface area contributed by atoms with Gasteiger partial charge in [-0.15, -0.1) is 0 Å². The van der Waals surface area contributed by atoms with Gasteiger partial charge < -0.3 is 5.11 Å². The second kappa shape index (κ2) is 3.02. The van der Waals surface area contributed by atoms with Crippen molar-refractivity contribution < 1.29 is 5.11 Å². The molecular weight excluding hydrogens is 196 g/mol. The van der Waals surface area contributed by atoms with E-state index in [4.69, 9.17) is 10.5 Å². The monoisotopic (exact) mass is 200 g/mol. The van der Waals surface area contributed by atoms with E-state index in [0.29, 0.717) is 16.5 Å². The summed E-state index contributed by atoms with van der Waals surface area (Å²) in [5.74, 6) is 0. The maximum Gasteiger partial charge on any atom is 0.172 e. The highest BCUT2D eigenvalue weighted by Crippen LogP contribution is 2.33. The normalized spacial score (nSPS) is 9.57. The maximum absolute atomic E-state index is 9.27. The van der Waals surface area contributed by atoms with Gasteiger partial charge in [0.15, 0.2) is 5.06 Å². The van der Waals surface area contributed by atoms with Gasteiger partial charge in [-0.2, -0.15) is 10.5 Å². The summed E-state index contributed by atoms with van der Waals surface area (Å²) in [7, 11) is 0. The Labute approximate surface area is 84.1 Å². The van der Waals surface area contributed by atoms with Gasteiger partial charge in [-0.25, -0.2) is 0 Å². The summed E-state index contributed by atoms with van der Waals surface area (Å²) in [6, 6.07) is 8.77. The summed E-state index contributed by atoms with van der Waals surface area (Å²) in [5.41, 5.74) is 0.680. The molecule has 4 heteroatoms. The minimum Gasteiger partial charge on any atom is -0.499 e. The number of aromatic hydroxyl groups is 1. The summed E-state index contributed by atoms with van der Waals surface area (Å²) < 4.78 is 0.818. The lowest BCUT2D eigenvalue weighted by Crippen LogP contribution is -1.82. The molecule has 1 aromatic heterocycles. The first kappa shape index (κ1) is 8.55. The van der Waals surface area contributed by atoms with Crippen molar-refractivity contribution >= 4 is 21.4 Å². The third-order valence-electron chi connectivity index (χ3n) is 1.92. The second-order valence-electron chi connectivity index (χ2n) is 2.71. The van der Waals surface area contributed by atoms with E-state index < -0.39 is 0 Å². The number of rotatable bonds is 0. The van der Waals surface area contributed by atoms with E-state index in [9.17, 15) is 5.11 Å². The van der Waals surface area contributed by atoms with Crippen LogP contribution in [0.1, 0.15) is 11.1 Å². The Balaban J connectivity index is 2.93. The van der Waals surface area contributed by atoms with E-state index in [2.05, 4.69) is 0 Å². The van der Waals surface area contributed by atoms with Crippen LogP contribution in [0, 0.1) is 22.7 Å². The Hall–Kier alpha value is -2.04. The van der Waals surface area contributed by atoms with E-state index >= 15 is 0 Å². The van der Waals surface area contributed by atoms with Crippen molar-refractivity contribution in [1.29, 1.82) is 10.5 Å². The van der Waals surface area contributed by atoms with Crippen molar-refractivity contribution in [2.24, 2.45) is 0 Å². The highest BCUT2D eigenvalue weighted by atomic mass is 32.1. The lowest BCUT2D eigenvalue weighted by molar-refractivity contribution is 0.491. The lowest BCUT2D eigenvalue weighted by atomic mass is 10.1. The Morgan fingerprint density at radius 3 is 2.64 bits per heavy atom. The number of hydrogen-bond acceptors (Lipinski definition) is 4. The van der Waals surface area contributed by atoms with Crippen LogP contribution in [0.4, 0.5) is 0 Å². The van der Waals surface area contributed by atoms with Gasteiger partial charge in [0, 0.05) is 16.2 Å². The SMILES string of the molecule is N#Cc1ccc2sc(O)cc2c1C#N. The van der Waals surface area contributed by atoms with Gasteiger partial charge in [-0.3, -0.25) is 0 Å². The fourth-order valence-corrected chi connectivity index (χ4v) is 2.12. The van der Waals surface area contributed by atoms with Crippen LogP contribution in [0.3, 0.4) is 0 Å². The smallest absolute Gasteiger partial charge is 0.172 e. The topological polar surface area (TPSA) is 67.8 Å². The summed E-state index contributed by atoms with van der Waals surface area (Å²) >= 11 is 1.20. The summed E-state index contributed by atoms with van der Waals surface area (Å²) in [4.78, 5) is 0. The molecule has 0 radical (unpaired) electrons. The molecule has 0 saturated heterocycles. The van der Waals surface area contributed by atoms with Crippen LogP contribution in [-0.2, 0) is 0 Å². The van der Waals surface area contributed by atoms with E-state index in [1.807, 2.05) is 12.1 Å². The molecule has 0 atom stereocenters. The van der Waals surface area contributed by atoms with Crippen LogP contribution < -0.4 is 0 Å². The molecule has 66 valence electrons. The minimum atomic E-state index is 0.159. The van der Waals surface area contributed by atoms with Crippen LogP contribution in [0.5, 0.6) is 5.06 Å². The van der Waals surface area contributed by atoms with Crippen molar-refractivity contribution in [3.05, 3.63) is 29.3 Å². The predicted octanol–water partition coefficient (Wildman–Crippen LogP) is 2.35. The molecule has 0 amide bonds. The third-order valence-corrected chi connectivity index (χ3v) is 2.82. The van der Waals surface area contributed by atoms with Gasteiger partial charge in [0.1, 0.15) is 12.1 Å². The Morgan fingerprint density at radius 2 is 2.00 bits per heavy atom. The molecule has 1 N–H and O–H groups in total. The minimum absolute atomic E-state index is 0.159. The molecule has 0 bridgehead atoms. The van der Waals surface area contributed by atoms with Crippen molar-refractivity contribution in [2.45, 2.75) is 0 Å². The first-order valence-corrected chi connectivity index (χ1v) is 4.63. The number of nitrogens with zero attached hydrogens (tertiary/aromatic N) is 2. The quantitative estimate of drug-likeness (QED) is 0.709. The Bertz CT molecular complexity index is 586. The van der Waals surface area contributed by atoms with Crippen molar-refractivity contribution in [2.75, 3.05) is 0 Å². The average molecular weight is 200 g/mol. The summed E-state index contributed by atoms with van der Waals surface area (Å²) in [5, 5.41) is 27.7. The molecule has 3 nitrogen and oxygen atoms in total. The first-order chi connectivity index (χ1) is 6.76. The highest BCUT2D eigenvalue weighted by molar-refractivity contribution is 7.20. The van der Waals surface area contributed by atoms with Crippen LogP contribution in [0.2, 0.25) is 0 Å². The summed E-state index contributed by atoms with van der Waals surface area (Å²) in [6.45, 7) is 0. The Kier molecular flexibility index (Phi) is 1.85. The second-order valence-corrected chi connectivity index (χ2v) is 3.77. The molecule has 2 rings (SSSR count). The van der Waals surface area contributed by atoms with Gasteiger partial charge in [0.05, 0.1) is 11.1 Å². The molecule has 0 aliphatic carbocycles. The predicted molar refractivity (Wildman–Crippen MR) is 52.9 cm³/mol. The van der Waals surface area contributed by atoms with Crippen molar-refractivity contribution in [3.63, 3.8) is 0 Å². The number of benzene rings is 1. The fraction of sp³-hybridized carbons (Fsp3) is 0. The summed E-state index contributed by atoms with van der Waals surface area (Å²) in [6.07, 6.45) is 0. The molecule has 0 aliphatic heterocycles. The lowest BCUT2D eigenvalue weighted by Gasteiger charge is -1.94. The molecule has 1 aromatic carbocycles. The zero-order valence-electron chi connectivity index (χ0n) is 6.98. The van der Waals surface area contributed by atoms with Gasteiger partial charge in [-0.1, -0.05) is 11.3 Å². The van der Waals surface area contributed by atoms with Crippen molar-refractivity contribution in [1.82, 2.24) is 0 Å².